The van der Waals surface area contributed by atoms with Crippen LogP contribution in [0.3, 0.4) is 0 Å². The summed E-state index contributed by atoms with van der Waals surface area (Å²) in [7, 11) is 0. The van der Waals surface area contributed by atoms with Gasteiger partial charge in [0.1, 0.15) is 0 Å². The first-order valence-electron chi connectivity index (χ1n) is 5.86. The van der Waals surface area contributed by atoms with Crippen molar-refractivity contribution < 1.29 is 13.2 Å². The number of anilines is 1. The largest absolute Gasteiger partial charge is 0.417 e. The zero-order valence-corrected chi connectivity index (χ0v) is 12.5. The molecule has 0 aliphatic rings. The van der Waals surface area contributed by atoms with Gasteiger partial charge in [-0.25, -0.2) is 5.43 Å². The Morgan fingerprint density at radius 2 is 1.70 bits per heavy atom. The van der Waals surface area contributed by atoms with Gasteiger partial charge in [0.25, 0.3) is 0 Å². The van der Waals surface area contributed by atoms with Gasteiger partial charge in [0, 0.05) is 15.8 Å². The van der Waals surface area contributed by atoms with Crippen molar-refractivity contribution >= 4 is 28.3 Å². The van der Waals surface area contributed by atoms with E-state index < -0.39 is 11.7 Å². The zero-order chi connectivity index (χ0) is 14.6. The van der Waals surface area contributed by atoms with Crippen LogP contribution in [0, 0.1) is 3.57 Å². The van der Waals surface area contributed by atoms with E-state index in [0.717, 1.165) is 5.69 Å². The fourth-order valence-corrected chi connectivity index (χ4v) is 2.31. The minimum Gasteiger partial charge on any atom is -0.321 e. The van der Waals surface area contributed by atoms with Gasteiger partial charge in [-0.15, -0.1) is 0 Å². The summed E-state index contributed by atoms with van der Waals surface area (Å²) in [6.45, 7) is 0.300. The molecule has 0 saturated heterocycles. The fraction of sp³-hybridized carbons (Fsp3) is 0.143. The first kappa shape index (κ1) is 15.1. The van der Waals surface area contributed by atoms with Gasteiger partial charge in [0.15, 0.2) is 0 Å². The summed E-state index contributed by atoms with van der Waals surface area (Å²) in [6.07, 6.45) is -4.32. The monoisotopic (exact) mass is 392 g/mol. The summed E-state index contributed by atoms with van der Waals surface area (Å²) >= 11 is 1.69. The molecule has 0 aliphatic heterocycles. The van der Waals surface area contributed by atoms with Crippen LogP contribution in [-0.4, -0.2) is 0 Å². The molecule has 2 aromatic rings. The van der Waals surface area contributed by atoms with E-state index in [2.05, 4.69) is 10.9 Å². The number of hydrogen-bond donors (Lipinski definition) is 2. The van der Waals surface area contributed by atoms with Crippen molar-refractivity contribution in [1.29, 1.82) is 0 Å². The van der Waals surface area contributed by atoms with Crippen LogP contribution in [-0.2, 0) is 12.7 Å². The lowest BCUT2D eigenvalue weighted by molar-refractivity contribution is -0.138. The van der Waals surface area contributed by atoms with Crippen molar-refractivity contribution in [3.63, 3.8) is 0 Å². The maximum Gasteiger partial charge on any atom is 0.417 e. The smallest absolute Gasteiger partial charge is 0.321 e. The number of alkyl halides is 3. The molecular weight excluding hydrogens is 380 g/mol. The van der Waals surface area contributed by atoms with Crippen molar-refractivity contribution in [2.24, 2.45) is 0 Å². The van der Waals surface area contributed by atoms with Gasteiger partial charge in [0.2, 0.25) is 0 Å². The maximum absolute atomic E-state index is 12.8. The summed E-state index contributed by atoms with van der Waals surface area (Å²) in [4.78, 5) is 0. The number of para-hydroxylation sites is 1. The summed E-state index contributed by atoms with van der Waals surface area (Å²) < 4.78 is 38.5. The number of nitrogens with one attached hydrogen (secondary N) is 2. The van der Waals surface area contributed by atoms with Gasteiger partial charge in [-0.3, -0.25) is 0 Å². The van der Waals surface area contributed by atoms with E-state index in [1.54, 1.807) is 28.7 Å². The molecule has 0 radical (unpaired) electrons. The highest BCUT2D eigenvalue weighted by molar-refractivity contribution is 14.1. The number of hydrazine groups is 1. The van der Waals surface area contributed by atoms with Crippen LogP contribution in [0.1, 0.15) is 11.1 Å². The molecule has 2 rings (SSSR count). The third-order valence-electron chi connectivity index (χ3n) is 2.64. The van der Waals surface area contributed by atoms with Gasteiger partial charge in [-0.2, -0.15) is 13.2 Å². The summed E-state index contributed by atoms with van der Waals surface area (Å²) in [5.41, 5.74) is 6.66. The second-order valence-corrected chi connectivity index (χ2v) is 5.32. The van der Waals surface area contributed by atoms with Crippen LogP contribution >= 0.6 is 22.6 Å². The Balaban J connectivity index is 2.00. The molecule has 2 nitrogen and oxygen atoms in total. The predicted octanol–water partition coefficient (Wildman–Crippen LogP) is 4.43. The van der Waals surface area contributed by atoms with Crippen molar-refractivity contribution in [3.8, 4) is 0 Å². The average Bonchev–Trinajstić information content (AvgIpc) is 2.40. The minimum absolute atomic E-state index is 0.204. The standard InChI is InChI=1S/C14H12F3IN2/c15-14(16,17)12-8-10(6-7-13(12)18)9-19-20-11-4-2-1-3-5-11/h1-8,19-20H,9H2. The Morgan fingerprint density at radius 1 is 1.00 bits per heavy atom. The predicted molar refractivity (Wildman–Crippen MR) is 81.1 cm³/mol. The zero-order valence-electron chi connectivity index (χ0n) is 10.3. The van der Waals surface area contributed by atoms with Crippen LogP contribution in [0.25, 0.3) is 0 Å². The lowest BCUT2D eigenvalue weighted by Crippen LogP contribution is -2.21. The van der Waals surface area contributed by atoms with Crippen LogP contribution in [0.4, 0.5) is 18.9 Å². The molecule has 2 N–H and O–H groups in total. The second kappa shape index (κ2) is 6.45. The highest BCUT2D eigenvalue weighted by Crippen LogP contribution is 2.33. The van der Waals surface area contributed by atoms with Gasteiger partial charge in [0.05, 0.1) is 5.56 Å². The van der Waals surface area contributed by atoms with E-state index in [1.165, 1.54) is 12.1 Å². The quantitative estimate of drug-likeness (QED) is 0.595. The van der Waals surface area contributed by atoms with E-state index in [-0.39, 0.29) is 3.57 Å². The van der Waals surface area contributed by atoms with Crippen molar-refractivity contribution in [3.05, 3.63) is 63.2 Å². The van der Waals surface area contributed by atoms with Crippen LogP contribution < -0.4 is 10.9 Å². The molecule has 0 aromatic heterocycles. The summed E-state index contributed by atoms with van der Waals surface area (Å²) in [5, 5.41) is 0. The van der Waals surface area contributed by atoms with Crippen molar-refractivity contribution in [2.75, 3.05) is 5.43 Å². The second-order valence-electron chi connectivity index (χ2n) is 4.16. The topological polar surface area (TPSA) is 24.1 Å². The van der Waals surface area contributed by atoms with Gasteiger partial charge < -0.3 is 5.43 Å². The Bertz CT molecular complexity index is 570. The Labute approximate surface area is 128 Å². The van der Waals surface area contributed by atoms with Gasteiger partial charge >= 0.3 is 6.18 Å². The Hall–Kier alpha value is -1.28. The maximum atomic E-state index is 12.8. The molecule has 106 valence electrons. The summed E-state index contributed by atoms with van der Waals surface area (Å²) in [5.74, 6) is 0. The molecule has 0 atom stereocenters. The van der Waals surface area contributed by atoms with E-state index in [0.29, 0.717) is 12.1 Å². The molecular formula is C14H12F3IN2. The first-order chi connectivity index (χ1) is 9.47. The normalized spacial score (nSPS) is 11.4. The van der Waals surface area contributed by atoms with Crippen LogP contribution in [0.15, 0.2) is 48.5 Å². The molecule has 0 unspecified atom stereocenters. The van der Waals surface area contributed by atoms with Gasteiger partial charge in [-0.05, 0) is 52.4 Å². The van der Waals surface area contributed by atoms with E-state index in [1.807, 2.05) is 30.3 Å². The van der Waals surface area contributed by atoms with E-state index in [4.69, 9.17) is 0 Å². The first-order valence-corrected chi connectivity index (χ1v) is 6.94. The average molecular weight is 392 g/mol. The molecule has 0 aliphatic carbocycles. The molecule has 2 aromatic carbocycles. The number of rotatable bonds is 4. The number of halogens is 4. The Morgan fingerprint density at radius 3 is 2.35 bits per heavy atom. The molecule has 0 amide bonds. The fourth-order valence-electron chi connectivity index (χ4n) is 1.67. The third kappa shape index (κ3) is 4.11. The Kier molecular flexibility index (Phi) is 4.87. The molecule has 0 heterocycles. The molecule has 0 bridgehead atoms. The third-order valence-corrected chi connectivity index (χ3v) is 3.58. The van der Waals surface area contributed by atoms with Crippen LogP contribution in [0.2, 0.25) is 0 Å². The summed E-state index contributed by atoms with van der Waals surface area (Å²) in [6, 6.07) is 13.7. The SMILES string of the molecule is FC(F)(F)c1cc(CNNc2ccccc2)ccc1I. The van der Waals surface area contributed by atoms with Crippen LogP contribution in [0.5, 0.6) is 0 Å². The molecule has 0 spiro atoms. The lowest BCUT2D eigenvalue weighted by Gasteiger charge is -2.12. The highest BCUT2D eigenvalue weighted by Gasteiger charge is 2.32. The lowest BCUT2D eigenvalue weighted by atomic mass is 10.1. The van der Waals surface area contributed by atoms with E-state index in [9.17, 15) is 13.2 Å². The van der Waals surface area contributed by atoms with Crippen molar-refractivity contribution in [1.82, 2.24) is 5.43 Å². The highest BCUT2D eigenvalue weighted by atomic mass is 127. The van der Waals surface area contributed by atoms with Gasteiger partial charge in [-0.1, -0.05) is 24.3 Å². The molecule has 0 saturated carbocycles. The molecule has 20 heavy (non-hydrogen) atoms. The number of benzene rings is 2. The molecule has 6 heteroatoms. The minimum atomic E-state index is -4.32. The van der Waals surface area contributed by atoms with Crippen molar-refractivity contribution in [2.45, 2.75) is 12.7 Å². The molecule has 0 fully saturated rings. The van der Waals surface area contributed by atoms with E-state index >= 15 is 0 Å². The number of hydrogen-bond acceptors (Lipinski definition) is 2.